The van der Waals surface area contributed by atoms with Crippen molar-refractivity contribution in [1.29, 1.82) is 0 Å². The average molecular weight is 557 g/mol. The standard InChI is InChI=1S/C23H29ClN4O2.HI/c1-23(2,16-6-8-17(24)9-7-16)13-27-22(25-3)26-10-11-28-20(29)18-14-4-5-15(12-14)19(18)21(28)30;/h4-9,14-15,18-19H,10-13H2,1-3H3,(H2,25,26,27);1H. The lowest BCUT2D eigenvalue weighted by Crippen LogP contribution is -2.46. The fourth-order valence-corrected chi connectivity index (χ4v) is 5.12. The Kier molecular flexibility index (Phi) is 7.35. The minimum absolute atomic E-state index is 0. The maximum Gasteiger partial charge on any atom is 0.233 e. The fourth-order valence-electron chi connectivity index (χ4n) is 5.00. The third-order valence-corrected chi connectivity index (χ3v) is 6.99. The zero-order valence-corrected chi connectivity index (χ0v) is 21.2. The number of hydrogen-bond acceptors (Lipinski definition) is 3. The number of carbonyl (C=O) groups excluding carboxylic acids is 2. The van der Waals surface area contributed by atoms with E-state index in [1.807, 2.05) is 24.3 Å². The van der Waals surface area contributed by atoms with Gasteiger partial charge in [0, 0.05) is 37.1 Å². The highest BCUT2D eigenvalue weighted by molar-refractivity contribution is 14.0. The summed E-state index contributed by atoms with van der Waals surface area (Å²) in [5.41, 5.74) is 1.06. The smallest absolute Gasteiger partial charge is 0.233 e. The van der Waals surface area contributed by atoms with Gasteiger partial charge in [-0.25, -0.2) is 0 Å². The van der Waals surface area contributed by atoms with Gasteiger partial charge in [-0.3, -0.25) is 19.5 Å². The molecular formula is C23H30ClIN4O2. The highest BCUT2D eigenvalue weighted by Gasteiger charge is 2.58. The highest BCUT2D eigenvalue weighted by atomic mass is 127. The average Bonchev–Trinajstić information content (AvgIpc) is 3.40. The molecule has 3 aliphatic rings. The molecule has 2 N–H and O–H groups in total. The van der Waals surface area contributed by atoms with E-state index in [0.717, 1.165) is 11.4 Å². The van der Waals surface area contributed by atoms with Gasteiger partial charge in [-0.15, -0.1) is 24.0 Å². The Morgan fingerprint density at radius 3 is 2.23 bits per heavy atom. The molecule has 2 fully saturated rings. The van der Waals surface area contributed by atoms with Gasteiger partial charge in [0.1, 0.15) is 0 Å². The Balaban J connectivity index is 0.00000272. The first-order valence-electron chi connectivity index (χ1n) is 10.6. The monoisotopic (exact) mass is 556 g/mol. The summed E-state index contributed by atoms with van der Waals surface area (Å²) in [7, 11) is 1.71. The number of nitrogens with one attached hydrogen (secondary N) is 2. The molecule has 1 saturated carbocycles. The number of rotatable bonds is 6. The molecule has 6 nitrogen and oxygen atoms in total. The molecule has 2 bridgehead atoms. The summed E-state index contributed by atoms with van der Waals surface area (Å²) in [5, 5.41) is 7.29. The molecule has 1 heterocycles. The summed E-state index contributed by atoms with van der Waals surface area (Å²) >= 11 is 5.99. The maximum atomic E-state index is 12.8. The lowest BCUT2D eigenvalue weighted by molar-refractivity contribution is -0.140. The number of fused-ring (bicyclic) bond motifs is 5. The Morgan fingerprint density at radius 2 is 1.68 bits per heavy atom. The number of benzene rings is 1. The Labute approximate surface area is 205 Å². The van der Waals surface area contributed by atoms with Crippen molar-refractivity contribution >= 4 is 53.4 Å². The summed E-state index contributed by atoms with van der Waals surface area (Å²) in [6.45, 7) is 5.82. The van der Waals surface area contributed by atoms with Crippen LogP contribution in [0.15, 0.2) is 41.4 Å². The predicted molar refractivity (Wildman–Crippen MR) is 134 cm³/mol. The third kappa shape index (κ3) is 4.62. The Bertz CT molecular complexity index is 869. The van der Waals surface area contributed by atoms with Crippen LogP contribution in [0.5, 0.6) is 0 Å². The highest BCUT2D eigenvalue weighted by Crippen LogP contribution is 2.52. The van der Waals surface area contributed by atoms with Crippen molar-refractivity contribution in [1.82, 2.24) is 15.5 Å². The van der Waals surface area contributed by atoms with Gasteiger partial charge in [-0.05, 0) is 36.0 Å². The summed E-state index contributed by atoms with van der Waals surface area (Å²) in [6.07, 6.45) is 5.19. The molecule has 2 aliphatic carbocycles. The molecule has 4 rings (SSSR count). The second-order valence-electron chi connectivity index (χ2n) is 9.07. The zero-order chi connectivity index (χ0) is 21.5. The number of allylic oxidation sites excluding steroid dienone is 2. The maximum absolute atomic E-state index is 12.8. The van der Waals surface area contributed by atoms with Gasteiger partial charge in [0.15, 0.2) is 5.96 Å². The Hall–Kier alpha value is -1.61. The second kappa shape index (κ2) is 9.48. The molecule has 4 unspecified atom stereocenters. The molecule has 2 amide bonds. The van der Waals surface area contributed by atoms with Crippen LogP contribution < -0.4 is 10.6 Å². The van der Waals surface area contributed by atoms with Crippen LogP contribution in [0, 0.1) is 23.7 Å². The van der Waals surface area contributed by atoms with E-state index in [1.165, 1.54) is 10.5 Å². The van der Waals surface area contributed by atoms with Crippen LogP contribution in [0.25, 0.3) is 0 Å². The predicted octanol–water partition coefficient (Wildman–Crippen LogP) is 3.21. The zero-order valence-electron chi connectivity index (χ0n) is 18.1. The largest absolute Gasteiger partial charge is 0.356 e. The second-order valence-corrected chi connectivity index (χ2v) is 9.51. The summed E-state index contributed by atoms with van der Waals surface area (Å²) in [6, 6.07) is 7.85. The van der Waals surface area contributed by atoms with Crippen molar-refractivity contribution < 1.29 is 9.59 Å². The molecule has 8 heteroatoms. The van der Waals surface area contributed by atoms with Gasteiger partial charge in [0.25, 0.3) is 0 Å². The lowest BCUT2D eigenvalue weighted by Gasteiger charge is -2.27. The molecule has 0 spiro atoms. The Morgan fingerprint density at radius 1 is 1.10 bits per heavy atom. The quantitative estimate of drug-likeness (QED) is 0.186. The topological polar surface area (TPSA) is 73.8 Å². The molecular weight excluding hydrogens is 527 g/mol. The number of imide groups is 1. The van der Waals surface area contributed by atoms with E-state index in [9.17, 15) is 9.59 Å². The molecule has 168 valence electrons. The normalized spacial score (nSPS) is 26.8. The molecule has 1 aliphatic heterocycles. The number of halogens is 2. The SMILES string of the molecule is CN=C(NCCN1C(=O)C2C3C=CC(C3)C2C1=O)NCC(C)(C)c1ccc(Cl)cc1.I. The number of hydrogen-bond donors (Lipinski definition) is 2. The summed E-state index contributed by atoms with van der Waals surface area (Å²) < 4.78 is 0. The number of guanidine groups is 1. The fraction of sp³-hybridized carbons (Fsp3) is 0.522. The van der Waals surface area contributed by atoms with E-state index in [2.05, 4.69) is 41.6 Å². The van der Waals surface area contributed by atoms with Crippen molar-refractivity contribution in [3.8, 4) is 0 Å². The molecule has 1 saturated heterocycles. The van der Waals surface area contributed by atoms with Crippen LogP contribution in [-0.4, -0.2) is 49.4 Å². The van der Waals surface area contributed by atoms with Crippen LogP contribution in [0.1, 0.15) is 25.8 Å². The lowest BCUT2D eigenvalue weighted by atomic mass is 9.85. The van der Waals surface area contributed by atoms with Gasteiger partial charge in [0.05, 0.1) is 11.8 Å². The first-order valence-corrected chi connectivity index (χ1v) is 10.9. The van der Waals surface area contributed by atoms with Gasteiger partial charge in [-0.2, -0.15) is 0 Å². The van der Waals surface area contributed by atoms with E-state index in [-0.39, 0.29) is 64.9 Å². The van der Waals surface area contributed by atoms with E-state index in [4.69, 9.17) is 11.6 Å². The van der Waals surface area contributed by atoms with Gasteiger partial charge in [-0.1, -0.05) is 49.7 Å². The van der Waals surface area contributed by atoms with Crippen molar-refractivity contribution in [3.05, 3.63) is 47.0 Å². The summed E-state index contributed by atoms with van der Waals surface area (Å²) in [5.74, 6) is 0.872. The number of carbonyl (C=O) groups is 2. The van der Waals surface area contributed by atoms with E-state index in [0.29, 0.717) is 25.6 Å². The third-order valence-electron chi connectivity index (χ3n) is 6.74. The van der Waals surface area contributed by atoms with Crippen molar-refractivity contribution in [2.45, 2.75) is 25.7 Å². The number of nitrogens with zero attached hydrogens (tertiary/aromatic N) is 2. The van der Waals surface area contributed by atoms with E-state index >= 15 is 0 Å². The van der Waals surface area contributed by atoms with E-state index < -0.39 is 0 Å². The molecule has 1 aromatic rings. The summed E-state index contributed by atoms with van der Waals surface area (Å²) in [4.78, 5) is 31.2. The van der Waals surface area contributed by atoms with Crippen molar-refractivity contribution in [3.63, 3.8) is 0 Å². The number of amides is 2. The van der Waals surface area contributed by atoms with Crippen molar-refractivity contribution in [2.75, 3.05) is 26.7 Å². The molecule has 0 radical (unpaired) electrons. The molecule has 0 aromatic heterocycles. The van der Waals surface area contributed by atoms with Crippen molar-refractivity contribution in [2.24, 2.45) is 28.7 Å². The van der Waals surface area contributed by atoms with Gasteiger partial charge >= 0.3 is 0 Å². The first kappa shape index (κ1) is 24.0. The minimum atomic E-state index is -0.134. The van der Waals surface area contributed by atoms with Gasteiger partial charge < -0.3 is 10.6 Å². The van der Waals surface area contributed by atoms with Crippen LogP contribution in [0.3, 0.4) is 0 Å². The van der Waals surface area contributed by atoms with Crippen LogP contribution in [-0.2, 0) is 15.0 Å². The van der Waals surface area contributed by atoms with Crippen LogP contribution in [0.2, 0.25) is 5.02 Å². The number of aliphatic imine (C=N–C) groups is 1. The van der Waals surface area contributed by atoms with E-state index in [1.54, 1.807) is 7.05 Å². The van der Waals surface area contributed by atoms with Gasteiger partial charge in [0.2, 0.25) is 11.8 Å². The molecule has 4 atom stereocenters. The molecule has 1 aromatic carbocycles. The number of likely N-dealkylation sites (tertiary alicyclic amines) is 1. The molecule has 31 heavy (non-hydrogen) atoms. The van der Waals surface area contributed by atoms with Crippen LogP contribution >= 0.6 is 35.6 Å². The minimum Gasteiger partial charge on any atom is -0.356 e. The van der Waals surface area contributed by atoms with Crippen LogP contribution in [0.4, 0.5) is 0 Å². The first-order chi connectivity index (χ1) is 14.3.